The van der Waals surface area contributed by atoms with E-state index in [9.17, 15) is 4.79 Å². The van der Waals surface area contributed by atoms with E-state index in [2.05, 4.69) is 58.7 Å². The van der Waals surface area contributed by atoms with Crippen LogP contribution in [0, 0.1) is 11.3 Å². The van der Waals surface area contributed by atoms with E-state index in [1.54, 1.807) is 0 Å². The molecule has 1 saturated heterocycles. The van der Waals surface area contributed by atoms with Crippen LogP contribution in [-0.2, 0) is 17.8 Å². The summed E-state index contributed by atoms with van der Waals surface area (Å²) < 4.78 is 0. The van der Waals surface area contributed by atoms with E-state index in [0.29, 0.717) is 0 Å². The maximum Gasteiger partial charge on any atom is 0.225 e. The molecular formula is C24H31N3O. The summed E-state index contributed by atoms with van der Waals surface area (Å²) in [5.74, 6) is 0.0716. The topological polar surface area (TPSA) is 58.4 Å². The van der Waals surface area contributed by atoms with Gasteiger partial charge in [-0.05, 0) is 43.4 Å². The first kappa shape index (κ1) is 19.2. The molecule has 1 amide bonds. The molecular weight excluding hydrogens is 346 g/mol. The molecule has 1 aliphatic heterocycles. The van der Waals surface area contributed by atoms with E-state index in [1.807, 2.05) is 19.9 Å². The average Bonchev–Trinajstić information content (AvgIpc) is 3.05. The Morgan fingerprint density at radius 1 is 1.18 bits per heavy atom. The van der Waals surface area contributed by atoms with Gasteiger partial charge >= 0.3 is 0 Å². The number of hydrogen-bond acceptors (Lipinski definition) is 3. The molecule has 0 saturated carbocycles. The first-order valence-electron chi connectivity index (χ1n) is 10.4. The summed E-state index contributed by atoms with van der Waals surface area (Å²) in [5, 5.41) is 3.16. The van der Waals surface area contributed by atoms with E-state index in [1.165, 1.54) is 16.7 Å². The third-order valence-electron chi connectivity index (χ3n) is 6.52. The van der Waals surface area contributed by atoms with Crippen LogP contribution in [0.1, 0.15) is 43.0 Å². The summed E-state index contributed by atoms with van der Waals surface area (Å²) in [5.41, 5.74) is 10.5. The normalized spacial score (nSPS) is 27.1. The lowest BCUT2D eigenvalue weighted by molar-refractivity contribution is -0.129. The predicted molar refractivity (Wildman–Crippen MR) is 113 cm³/mol. The fraction of sp³-hybridized carbons (Fsp3) is 0.458. The highest BCUT2D eigenvalue weighted by atomic mass is 16.2. The highest BCUT2D eigenvalue weighted by Crippen LogP contribution is 2.52. The summed E-state index contributed by atoms with van der Waals surface area (Å²) >= 11 is 0. The van der Waals surface area contributed by atoms with Gasteiger partial charge in [0, 0.05) is 37.1 Å². The molecule has 3 atom stereocenters. The van der Waals surface area contributed by atoms with Gasteiger partial charge in [0.25, 0.3) is 0 Å². The fourth-order valence-electron chi connectivity index (χ4n) is 5.19. The maximum absolute atomic E-state index is 13.2. The molecule has 1 aliphatic carbocycles. The molecule has 148 valence electrons. The van der Waals surface area contributed by atoms with Crippen LogP contribution in [0.4, 0.5) is 0 Å². The number of carbonyl (C=O) groups is 1. The number of amides is 1. The van der Waals surface area contributed by atoms with Crippen molar-refractivity contribution in [2.24, 2.45) is 17.1 Å². The van der Waals surface area contributed by atoms with Crippen LogP contribution in [0.2, 0.25) is 0 Å². The Bertz CT molecular complexity index is 835. The van der Waals surface area contributed by atoms with E-state index in [0.717, 1.165) is 32.5 Å². The van der Waals surface area contributed by atoms with Crippen molar-refractivity contribution in [3.63, 3.8) is 0 Å². The molecule has 2 aromatic carbocycles. The molecule has 4 nitrogen and oxygen atoms in total. The molecule has 2 aliphatic rings. The summed E-state index contributed by atoms with van der Waals surface area (Å²) in [6.45, 7) is 6.55. The zero-order valence-electron chi connectivity index (χ0n) is 16.9. The lowest BCUT2D eigenvalue weighted by Gasteiger charge is -2.44. The second kappa shape index (κ2) is 7.69. The molecule has 1 spiro atoms. The minimum absolute atomic E-state index is 0.0815. The fourth-order valence-corrected chi connectivity index (χ4v) is 5.19. The van der Waals surface area contributed by atoms with Gasteiger partial charge in [-0.1, -0.05) is 54.6 Å². The number of nitrogens with zero attached hydrogens (tertiary/aromatic N) is 1. The molecule has 4 rings (SSSR count). The molecule has 0 aromatic heterocycles. The van der Waals surface area contributed by atoms with E-state index in [4.69, 9.17) is 5.73 Å². The van der Waals surface area contributed by atoms with Crippen molar-refractivity contribution in [2.75, 3.05) is 13.1 Å². The standard InChI is InChI=1S/C24H31N3O/c1-17(2)26-23(28)21-15-27(14-18-8-4-3-5-9-18)16-24(21)13-12-19-10-6-7-11-20(19)22(24)25/h3-11,17,21-22H,12-16,25H2,1-2H3,(H,26,28)/t21-,22-,24+/m0/s1. The van der Waals surface area contributed by atoms with Crippen LogP contribution in [0.25, 0.3) is 0 Å². The Morgan fingerprint density at radius 2 is 1.89 bits per heavy atom. The highest BCUT2D eigenvalue weighted by molar-refractivity contribution is 5.81. The number of nitrogens with one attached hydrogen (secondary N) is 1. The number of likely N-dealkylation sites (tertiary alicyclic amines) is 1. The molecule has 1 fully saturated rings. The molecule has 2 aromatic rings. The number of benzene rings is 2. The molecule has 1 heterocycles. The van der Waals surface area contributed by atoms with Crippen molar-refractivity contribution in [3.8, 4) is 0 Å². The first-order valence-corrected chi connectivity index (χ1v) is 10.4. The van der Waals surface area contributed by atoms with Crippen molar-refractivity contribution in [1.29, 1.82) is 0 Å². The SMILES string of the molecule is CC(C)NC(=O)[C@@H]1CN(Cc2ccccc2)C[C@]12CCc1ccccc1[C@@H]2N. The minimum Gasteiger partial charge on any atom is -0.354 e. The van der Waals surface area contributed by atoms with Crippen molar-refractivity contribution >= 4 is 5.91 Å². The molecule has 3 N–H and O–H groups in total. The van der Waals surface area contributed by atoms with Gasteiger partial charge in [0.05, 0.1) is 5.92 Å². The van der Waals surface area contributed by atoms with Crippen LogP contribution < -0.4 is 11.1 Å². The Kier molecular flexibility index (Phi) is 5.26. The summed E-state index contributed by atoms with van der Waals surface area (Å²) in [7, 11) is 0. The Morgan fingerprint density at radius 3 is 2.64 bits per heavy atom. The van der Waals surface area contributed by atoms with Gasteiger partial charge in [0.1, 0.15) is 0 Å². The van der Waals surface area contributed by atoms with Crippen LogP contribution in [0.5, 0.6) is 0 Å². The first-order chi connectivity index (χ1) is 13.5. The number of carbonyl (C=O) groups excluding carboxylic acids is 1. The number of nitrogens with two attached hydrogens (primary N) is 1. The number of hydrogen-bond donors (Lipinski definition) is 2. The summed E-state index contributed by atoms with van der Waals surface area (Å²) in [6.07, 6.45) is 1.96. The Hall–Kier alpha value is -2.17. The van der Waals surface area contributed by atoms with Crippen molar-refractivity contribution in [3.05, 3.63) is 71.3 Å². The minimum atomic E-state index is -0.206. The predicted octanol–water partition coefficient (Wildman–Crippen LogP) is 3.28. The van der Waals surface area contributed by atoms with Gasteiger partial charge in [-0.15, -0.1) is 0 Å². The maximum atomic E-state index is 13.2. The van der Waals surface area contributed by atoms with E-state index < -0.39 is 0 Å². The lowest BCUT2D eigenvalue weighted by atomic mass is 9.62. The van der Waals surface area contributed by atoms with Crippen molar-refractivity contribution in [2.45, 2.75) is 45.3 Å². The highest BCUT2D eigenvalue weighted by Gasteiger charge is 2.55. The summed E-state index contributed by atoms with van der Waals surface area (Å²) in [4.78, 5) is 15.6. The average molecular weight is 378 g/mol. The molecule has 0 bridgehead atoms. The third kappa shape index (κ3) is 3.47. The largest absolute Gasteiger partial charge is 0.354 e. The van der Waals surface area contributed by atoms with Gasteiger partial charge in [-0.2, -0.15) is 0 Å². The van der Waals surface area contributed by atoms with Crippen LogP contribution in [-0.4, -0.2) is 29.9 Å². The monoisotopic (exact) mass is 377 g/mol. The quantitative estimate of drug-likeness (QED) is 0.860. The van der Waals surface area contributed by atoms with Crippen molar-refractivity contribution in [1.82, 2.24) is 10.2 Å². The lowest BCUT2D eigenvalue weighted by Crippen LogP contribution is -2.50. The summed E-state index contributed by atoms with van der Waals surface area (Å²) in [6, 6.07) is 19.0. The second-order valence-electron chi connectivity index (χ2n) is 8.78. The van der Waals surface area contributed by atoms with Crippen LogP contribution in [0.15, 0.2) is 54.6 Å². The second-order valence-corrected chi connectivity index (χ2v) is 8.78. The van der Waals surface area contributed by atoms with Crippen molar-refractivity contribution < 1.29 is 4.79 Å². The Balaban J connectivity index is 1.65. The number of rotatable bonds is 4. The third-order valence-corrected chi connectivity index (χ3v) is 6.52. The number of fused-ring (bicyclic) bond motifs is 1. The zero-order valence-corrected chi connectivity index (χ0v) is 16.9. The molecule has 4 heteroatoms. The van der Waals surface area contributed by atoms with Gasteiger partial charge in [-0.25, -0.2) is 0 Å². The molecule has 0 radical (unpaired) electrons. The van der Waals surface area contributed by atoms with Gasteiger partial charge in [0.15, 0.2) is 0 Å². The van der Waals surface area contributed by atoms with Crippen LogP contribution >= 0.6 is 0 Å². The van der Waals surface area contributed by atoms with Crippen LogP contribution in [0.3, 0.4) is 0 Å². The molecule has 28 heavy (non-hydrogen) atoms. The number of aryl methyl sites for hydroxylation is 1. The van der Waals surface area contributed by atoms with Gasteiger partial charge in [0.2, 0.25) is 5.91 Å². The zero-order chi connectivity index (χ0) is 19.7. The van der Waals surface area contributed by atoms with Gasteiger partial charge in [-0.3, -0.25) is 9.69 Å². The smallest absolute Gasteiger partial charge is 0.225 e. The molecule has 0 unspecified atom stereocenters. The van der Waals surface area contributed by atoms with Gasteiger partial charge < -0.3 is 11.1 Å². The van der Waals surface area contributed by atoms with E-state index >= 15 is 0 Å². The Labute approximate surface area is 168 Å². The van der Waals surface area contributed by atoms with E-state index in [-0.39, 0.29) is 29.3 Å².